The molecular weight excluding hydrogens is 278 g/mol. The highest BCUT2D eigenvalue weighted by atomic mass is 35.5. The van der Waals surface area contributed by atoms with Gasteiger partial charge in [-0.2, -0.15) is 0 Å². The molecule has 108 valence electrons. The molecule has 0 aliphatic carbocycles. The van der Waals surface area contributed by atoms with E-state index in [1.54, 1.807) is 4.90 Å². The number of carbonyl (C=O) groups is 2. The number of hydrogen-bond donors (Lipinski definition) is 2. The molecule has 0 aromatic heterocycles. The van der Waals surface area contributed by atoms with Crippen LogP contribution in [0.15, 0.2) is 18.2 Å². The first-order chi connectivity index (χ1) is 9.16. The van der Waals surface area contributed by atoms with E-state index in [2.05, 4.69) is 5.32 Å². The summed E-state index contributed by atoms with van der Waals surface area (Å²) in [6.45, 7) is 2.27. The Bertz CT molecular complexity index is 547. The molecule has 1 aromatic carbocycles. The molecule has 6 heteroatoms. The molecule has 1 unspecified atom stereocenters. The third kappa shape index (κ3) is 2.51. The van der Waals surface area contributed by atoms with Crippen LogP contribution >= 0.6 is 12.4 Å². The summed E-state index contributed by atoms with van der Waals surface area (Å²) in [6.07, 6.45) is 1.51. The molecule has 0 radical (unpaired) electrons. The number of primary amides is 1. The number of nitrogens with two attached hydrogens (primary N) is 1. The van der Waals surface area contributed by atoms with Gasteiger partial charge in [-0.05, 0) is 36.1 Å². The Morgan fingerprint density at radius 2 is 2.00 bits per heavy atom. The average molecular weight is 296 g/mol. The summed E-state index contributed by atoms with van der Waals surface area (Å²) in [6, 6.07) is 5.30. The minimum absolute atomic E-state index is 0. The summed E-state index contributed by atoms with van der Waals surface area (Å²) in [5.74, 6) is -0.496. The fraction of sp³-hybridized carbons (Fsp3) is 0.429. The Hall–Kier alpha value is -1.59. The highest BCUT2D eigenvalue weighted by Crippen LogP contribution is 2.22. The van der Waals surface area contributed by atoms with E-state index in [-0.39, 0.29) is 18.3 Å². The molecule has 3 rings (SSSR count). The lowest BCUT2D eigenvalue weighted by molar-refractivity contribution is -0.121. The quantitative estimate of drug-likeness (QED) is 0.847. The predicted octanol–water partition coefficient (Wildman–Crippen LogP) is 0.801. The Morgan fingerprint density at radius 1 is 1.25 bits per heavy atom. The van der Waals surface area contributed by atoms with E-state index < -0.39 is 11.9 Å². The molecule has 3 N–H and O–H groups in total. The number of likely N-dealkylation sites (tertiary alicyclic amines) is 1. The van der Waals surface area contributed by atoms with Gasteiger partial charge in [-0.3, -0.25) is 9.59 Å². The molecule has 2 aliphatic heterocycles. The lowest BCUT2D eigenvalue weighted by Gasteiger charge is -2.22. The average Bonchev–Trinajstić information content (AvgIpc) is 3.05. The normalized spacial score (nSPS) is 20.4. The fourth-order valence-corrected chi connectivity index (χ4v) is 2.90. The SMILES string of the molecule is Cl.NC(=O)C1CCCN1C(=O)c1ccc2c(c1)CNC2. The van der Waals surface area contributed by atoms with Gasteiger partial charge in [-0.25, -0.2) is 0 Å². The van der Waals surface area contributed by atoms with Crippen LogP contribution in [-0.4, -0.2) is 29.3 Å². The third-order valence-corrected chi connectivity index (χ3v) is 3.93. The van der Waals surface area contributed by atoms with Crippen LogP contribution in [-0.2, 0) is 17.9 Å². The van der Waals surface area contributed by atoms with E-state index in [1.807, 2.05) is 18.2 Å². The van der Waals surface area contributed by atoms with Gasteiger partial charge in [-0.15, -0.1) is 12.4 Å². The molecule has 1 fully saturated rings. The van der Waals surface area contributed by atoms with Crippen molar-refractivity contribution in [1.29, 1.82) is 0 Å². The van der Waals surface area contributed by atoms with Gasteiger partial charge in [0, 0.05) is 25.2 Å². The van der Waals surface area contributed by atoms with Crippen molar-refractivity contribution in [1.82, 2.24) is 10.2 Å². The van der Waals surface area contributed by atoms with E-state index in [0.29, 0.717) is 18.5 Å². The lowest BCUT2D eigenvalue weighted by atomic mass is 10.1. The summed E-state index contributed by atoms with van der Waals surface area (Å²) in [4.78, 5) is 25.4. The van der Waals surface area contributed by atoms with E-state index in [9.17, 15) is 9.59 Å². The van der Waals surface area contributed by atoms with E-state index in [0.717, 1.165) is 19.5 Å². The van der Waals surface area contributed by atoms with Crippen LogP contribution in [0.4, 0.5) is 0 Å². The molecule has 0 spiro atoms. The Kier molecular flexibility index (Phi) is 4.30. The van der Waals surface area contributed by atoms with E-state index >= 15 is 0 Å². The number of halogens is 1. The number of rotatable bonds is 2. The Labute approximate surface area is 123 Å². The first-order valence-electron chi connectivity index (χ1n) is 6.59. The van der Waals surface area contributed by atoms with Crippen LogP contribution in [0.25, 0.3) is 0 Å². The number of fused-ring (bicyclic) bond motifs is 1. The molecule has 0 bridgehead atoms. The van der Waals surface area contributed by atoms with Gasteiger partial charge in [-0.1, -0.05) is 6.07 Å². The van der Waals surface area contributed by atoms with Crippen molar-refractivity contribution in [3.8, 4) is 0 Å². The second kappa shape index (κ2) is 5.81. The highest BCUT2D eigenvalue weighted by molar-refractivity contribution is 5.98. The van der Waals surface area contributed by atoms with Crippen molar-refractivity contribution in [2.45, 2.75) is 32.0 Å². The van der Waals surface area contributed by atoms with Gasteiger partial charge in [0.2, 0.25) is 5.91 Å². The summed E-state index contributed by atoms with van der Waals surface area (Å²) in [7, 11) is 0. The topological polar surface area (TPSA) is 75.4 Å². The number of hydrogen-bond acceptors (Lipinski definition) is 3. The van der Waals surface area contributed by atoms with Crippen LogP contribution < -0.4 is 11.1 Å². The molecule has 1 atom stereocenters. The van der Waals surface area contributed by atoms with Gasteiger partial charge in [0.1, 0.15) is 6.04 Å². The van der Waals surface area contributed by atoms with E-state index in [1.165, 1.54) is 11.1 Å². The van der Waals surface area contributed by atoms with Crippen LogP contribution in [0, 0.1) is 0 Å². The molecule has 2 amide bonds. The van der Waals surface area contributed by atoms with Crippen LogP contribution in [0.1, 0.15) is 34.3 Å². The highest BCUT2D eigenvalue weighted by Gasteiger charge is 2.33. The number of nitrogens with zero attached hydrogens (tertiary/aromatic N) is 1. The molecule has 0 saturated carbocycles. The number of carbonyl (C=O) groups excluding carboxylic acids is 2. The summed E-state index contributed by atoms with van der Waals surface area (Å²) < 4.78 is 0. The fourth-order valence-electron chi connectivity index (χ4n) is 2.90. The molecule has 5 nitrogen and oxygen atoms in total. The van der Waals surface area contributed by atoms with Crippen molar-refractivity contribution in [3.63, 3.8) is 0 Å². The van der Waals surface area contributed by atoms with Gasteiger partial charge in [0.05, 0.1) is 0 Å². The van der Waals surface area contributed by atoms with E-state index in [4.69, 9.17) is 5.73 Å². The zero-order chi connectivity index (χ0) is 13.4. The maximum atomic E-state index is 12.5. The van der Waals surface area contributed by atoms with Crippen molar-refractivity contribution in [2.24, 2.45) is 5.73 Å². The van der Waals surface area contributed by atoms with Crippen molar-refractivity contribution in [3.05, 3.63) is 34.9 Å². The first-order valence-corrected chi connectivity index (χ1v) is 6.59. The second-order valence-corrected chi connectivity index (χ2v) is 5.15. The summed E-state index contributed by atoms with van der Waals surface area (Å²) in [5, 5.41) is 3.25. The molecule has 2 aliphatic rings. The maximum absolute atomic E-state index is 12.5. The van der Waals surface area contributed by atoms with Gasteiger partial charge >= 0.3 is 0 Å². The molecule has 1 aromatic rings. The van der Waals surface area contributed by atoms with Crippen molar-refractivity contribution >= 4 is 24.2 Å². The third-order valence-electron chi connectivity index (χ3n) is 3.93. The van der Waals surface area contributed by atoms with Gasteiger partial charge in [0.15, 0.2) is 0 Å². The Balaban J connectivity index is 0.00000147. The number of nitrogens with one attached hydrogen (secondary N) is 1. The van der Waals surface area contributed by atoms with Crippen LogP contribution in [0.2, 0.25) is 0 Å². The minimum Gasteiger partial charge on any atom is -0.368 e. The largest absolute Gasteiger partial charge is 0.368 e. The van der Waals surface area contributed by atoms with Gasteiger partial charge < -0.3 is 16.0 Å². The second-order valence-electron chi connectivity index (χ2n) is 5.15. The standard InChI is InChI=1S/C14H17N3O2.ClH/c15-13(18)12-2-1-5-17(12)14(19)9-3-4-10-7-16-8-11(10)6-9;/h3-4,6,12,16H,1-2,5,7-8H2,(H2,15,18);1H. The van der Waals surface area contributed by atoms with Crippen LogP contribution in [0.3, 0.4) is 0 Å². The first kappa shape index (κ1) is 14.8. The van der Waals surface area contributed by atoms with Gasteiger partial charge in [0.25, 0.3) is 5.91 Å². The predicted molar refractivity (Wildman–Crippen MR) is 77.5 cm³/mol. The summed E-state index contributed by atoms with van der Waals surface area (Å²) in [5.41, 5.74) is 8.41. The molecule has 20 heavy (non-hydrogen) atoms. The smallest absolute Gasteiger partial charge is 0.254 e. The monoisotopic (exact) mass is 295 g/mol. The molecule has 1 saturated heterocycles. The molecular formula is C14H18ClN3O2. The zero-order valence-corrected chi connectivity index (χ0v) is 11.9. The minimum atomic E-state index is -0.445. The lowest BCUT2D eigenvalue weighted by Crippen LogP contribution is -2.43. The number of amides is 2. The summed E-state index contributed by atoms with van der Waals surface area (Å²) >= 11 is 0. The number of benzene rings is 1. The molecule has 2 heterocycles. The van der Waals surface area contributed by atoms with Crippen molar-refractivity contribution in [2.75, 3.05) is 6.54 Å². The maximum Gasteiger partial charge on any atom is 0.254 e. The van der Waals surface area contributed by atoms with Crippen molar-refractivity contribution < 1.29 is 9.59 Å². The zero-order valence-electron chi connectivity index (χ0n) is 11.1. The Morgan fingerprint density at radius 3 is 2.75 bits per heavy atom. The van der Waals surface area contributed by atoms with Crippen LogP contribution in [0.5, 0.6) is 0 Å².